The van der Waals surface area contributed by atoms with Crippen LogP contribution < -0.4 is 16.4 Å². The molecule has 0 saturated carbocycles. The Hall–Kier alpha value is -2.05. The summed E-state index contributed by atoms with van der Waals surface area (Å²) in [5.74, 6) is -0.311. The van der Waals surface area contributed by atoms with Gasteiger partial charge in [0.2, 0.25) is 5.91 Å². The molecule has 1 aromatic heterocycles. The Balaban J connectivity index is 2.62. The van der Waals surface area contributed by atoms with Crippen molar-refractivity contribution in [1.29, 1.82) is 0 Å². The minimum Gasteiger partial charge on any atom is -0.395 e. The van der Waals surface area contributed by atoms with E-state index in [2.05, 4.69) is 20.8 Å². The van der Waals surface area contributed by atoms with Gasteiger partial charge in [0.15, 0.2) is 5.69 Å². The number of aromatic amines is 1. The van der Waals surface area contributed by atoms with Gasteiger partial charge >= 0.3 is 0 Å². The van der Waals surface area contributed by atoms with Gasteiger partial charge < -0.3 is 16.4 Å². The van der Waals surface area contributed by atoms with Crippen LogP contribution >= 0.6 is 0 Å². The molecule has 0 aromatic carbocycles. The maximum atomic E-state index is 12.1. The number of aromatic nitrogens is 2. The molecule has 0 bridgehead atoms. The van der Waals surface area contributed by atoms with Crippen LogP contribution in [-0.2, 0) is 11.2 Å². The number of amides is 2. The van der Waals surface area contributed by atoms with E-state index in [9.17, 15) is 9.59 Å². The highest BCUT2D eigenvalue weighted by Crippen LogP contribution is 2.15. The standard InChI is InChI=1S/C14H25N5O2/c1-5-6-10-11(15)12(19-18-10)14(21)17-9(4)13(20)16-7-8(2)3/h8-9H,5-7,15H2,1-4H3,(H,16,20)(H,17,21)(H,18,19). The molecule has 1 rings (SSSR count). The lowest BCUT2D eigenvalue weighted by Gasteiger charge is -2.14. The Bertz CT molecular complexity index is 496. The summed E-state index contributed by atoms with van der Waals surface area (Å²) in [5.41, 5.74) is 7.13. The lowest BCUT2D eigenvalue weighted by atomic mass is 10.2. The molecule has 118 valence electrons. The molecule has 0 fully saturated rings. The number of aryl methyl sites for hydroxylation is 1. The lowest BCUT2D eigenvalue weighted by molar-refractivity contribution is -0.122. The second-order valence-corrected chi connectivity index (χ2v) is 5.55. The van der Waals surface area contributed by atoms with Crippen LogP contribution in [-0.4, -0.2) is 34.6 Å². The van der Waals surface area contributed by atoms with Crippen LogP contribution in [0.1, 0.15) is 50.3 Å². The molecular formula is C14H25N5O2. The van der Waals surface area contributed by atoms with Crippen molar-refractivity contribution in [1.82, 2.24) is 20.8 Å². The molecule has 0 aliphatic heterocycles. The predicted octanol–water partition coefficient (Wildman–Crippen LogP) is 0.835. The zero-order valence-corrected chi connectivity index (χ0v) is 13.1. The Morgan fingerprint density at radius 2 is 2.00 bits per heavy atom. The number of hydrogen-bond acceptors (Lipinski definition) is 4. The van der Waals surface area contributed by atoms with Crippen LogP contribution in [0.5, 0.6) is 0 Å². The van der Waals surface area contributed by atoms with Crippen molar-refractivity contribution in [3.63, 3.8) is 0 Å². The van der Waals surface area contributed by atoms with E-state index in [4.69, 9.17) is 5.73 Å². The molecule has 7 heteroatoms. The lowest BCUT2D eigenvalue weighted by Crippen LogP contribution is -2.45. The SMILES string of the molecule is CCCc1[nH]nc(C(=O)NC(C)C(=O)NCC(C)C)c1N. The van der Waals surface area contributed by atoms with Crippen LogP contribution in [0, 0.1) is 5.92 Å². The normalized spacial score (nSPS) is 12.2. The molecular weight excluding hydrogens is 270 g/mol. The Morgan fingerprint density at radius 3 is 2.57 bits per heavy atom. The number of hydrogen-bond donors (Lipinski definition) is 4. The van der Waals surface area contributed by atoms with E-state index in [1.807, 2.05) is 20.8 Å². The topological polar surface area (TPSA) is 113 Å². The second kappa shape index (κ2) is 7.66. The van der Waals surface area contributed by atoms with Crippen molar-refractivity contribution in [2.75, 3.05) is 12.3 Å². The van der Waals surface area contributed by atoms with Crippen LogP contribution in [0.4, 0.5) is 5.69 Å². The molecule has 1 unspecified atom stereocenters. The van der Waals surface area contributed by atoms with Gasteiger partial charge in [0.1, 0.15) is 6.04 Å². The third-order valence-corrected chi connectivity index (χ3v) is 3.02. The number of H-pyrrole nitrogens is 1. The first-order valence-electron chi connectivity index (χ1n) is 7.28. The molecule has 1 heterocycles. The van der Waals surface area contributed by atoms with Crippen LogP contribution in [0.3, 0.4) is 0 Å². The van der Waals surface area contributed by atoms with Gasteiger partial charge in [-0.1, -0.05) is 27.2 Å². The number of anilines is 1. The van der Waals surface area contributed by atoms with Gasteiger partial charge in [-0.05, 0) is 19.3 Å². The predicted molar refractivity (Wildman–Crippen MR) is 81.8 cm³/mol. The first kappa shape index (κ1) is 17.0. The monoisotopic (exact) mass is 295 g/mol. The Morgan fingerprint density at radius 1 is 1.33 bits per heavy atom. The van der Waals surface area contributed by atoms with Gasteiger partial charge in [0.25, 0.3) is 5.91 Å². The average molecular weight is 295 g/mol. The molecule has 0 spiro atoms. The highest BCUT2D eigenvalue weighted by Gasteiger charge is 2.21. The molecule has 0 radical (unpaired) electrons. The summed E-state index contributed by atoms with van der Waals surface area (Å²) in [7, 11) is 0. The van der Waals surface area contributed by atoms with Crippen LogP contribution in [0.25, 0.3) is 0 Å². The highest BCUT2D eigenvalue weighted by molar-refractivity contribution is 6.00. The summed E-state index contributed by atoms with van der Waals surface area (Å²) in [5, 5.41) is 12.1. The fourth-order valence-electron chi connectivity index (χ4n) is 1.79. The molecule has 1 aromatic rings. The van der Waals surface area contributed by atoms with Gasteiger partial charge in [-0.15, -0.1) is 0 Å². The quantitative estimate of drug-likeness (QED) is 0.597. The minimum absolute atomic E-state index is 0.141. The van der Waals surface area contributed by atoms with E-state index in [0.29, 0.717) is 18.2 Å². The molecule has 1 atom stereocenters. The zero-order chi connectivity index (χ0) is 16.0. The minimum atomic E-state index is -0.637. The third-order valence-electron chi connectivity index (χ3n) is 3.02. The van der Waals surface area contributed by atoms with Crippen LogP contribution in [0.2, 0.25) is 0 Å². The second-order valence-electron chi connectivity index (χ2n) is 5.55. The van der Waals surface area contributed by atoms with E-state index in [1.165, 1.54) is 0 Å². The van der Waals surface area contributed by atoms with Crippen molar-refractivity contribution in [2.24, 2.45) is 5.92 Å². The van der Waals surface area contributed by atoms with E-state index < -0.39 is 11.9 Å². The maximum absolute atomic E-state index is 12.1. The number of carbonyl (C=O) groups is 2. The average Bonchev–Trinajstić information content (AvgIpc) is 2.78. The fraction of sp³-hybridized carbons (Fsp3) is 0.643. The zero-order valence-electron chi connectivity index (χ0n) is 13.1. The number of nitrogen functional groups attached to an aromatic ring is 1. The Labute approximate surface area is 125 Å². The number of nitrogens with one attached hydrogen (secondary N) is 3. The van der Waals surface area contributed by atoms with Gasteiger partial charge in [-0.3, -0.25) is 14.7 Å². The third kappa shape index (κ3) is 4.77. The highest BCUT2D eigenvalue weighted by atomic mass is 16.2. The number of rotatable bonds is 7. The smallest absolute Gasteiger partial charge is 0.274 e. The molecule has 2 amide bonds. The van der Waals surface area contributed by atoms with Crippen molar-refractivity contribution in [3.8, 4) is 0 Å². The molecule has 7 nitrogen and oxygen atoms in total. The first-order chi connectivity index (χ1) is 9.86. The molecule has 0 saturated heterocycles. The van der Waals surface area contributed by atoms with E-state index in [1.54, 1.807) is 6.92 Å². The first-order valence-corrected chi connectivity index (χ1v) is 7.28. The van der Waals surface area contributed by atoms with Gasteiger partial charge in [-0.2, -0.15) is 5.10 Å². The fourth-order valence-corrected chi connectivity index (χ4v) is 1.79. The number of carbonyl (C=O) groups excluding carboxylic acids is 2. The van der Waals surface area contributed by atoms with E-state index >= 15 is 0 Å². The number of nitrogens with zero attached hydrogens (tertiary/aromatic N) is 1. The van der Waals surface area contributed by atoms with Crippen molar-refractivity contribution < 1.29 is 9.59 Å². The molecule has 21 heavy (non-hydrogen) atoms. The maximum Gasteiger partial charge on any atom is 0.274 e. The number of nitrogens with two attached hydrogens (primary N) is 1. The molecule has 5 N–H and O–H groups in total. The van der Waals surface area contributed by atoms with Gasteiger partial charge in [-0.25, -0.2) is 0 Å². The van der Waals surface area contributed by atoms with E-state index in [0.717, 1.165) is 18.5 Å². The summed E-state index contributed by atoms with van der Waals surface area (Å²) in [6.45, 7) is 8.22. The summed E-state index contributed by atoms with van der Waals surface area (Å²) in [6, 6.07) is -0.637. The molecule has 0 aliphatic rings. The van der Waals surface area contributed by atoms with Crippen molar-refractivity contribution in [2.45, 2.75) is 46.6 Å². The summed E-state index contributed by atoms with van der Waals surface area (Å²) < 4.78 is 0. The summed E-state index contributed by atoms with van der Waals surface area (Å²) in [4.78, 5) is 23.9. The molecule has 0 aliphatic carbocycles. The van der Waals surface area contributed by atoms with Gasteiger partial charge in [0, 0.05) is 6.54 Å². The summed E-state index contributed by atoms with van der Waals surface area (Å²) in [6.07, 6.45) is 1.64. The Kier molecular flexibility index (Phi) is 6.20. The summed E-state index contributed by atoms with van der Waals surface area (Å²) >= 11 is 0. The van der Waals surface area contributed by atoms with Crippen LogP contribution in [0.15, 0.2) is 0 Å². The van der Waals surface area contributed by atoms with Crippen molar-refractivity contribution >= 4 is 17.5 Å². The van der Waals surface area contributed by atoms with Gasteiger partial charge in [0.05, 0.1) is 11.4 Å². The van der Waals surface area contributed by atoms with Crippen molar-refractivity contribution in [3.05, 3.63) is 11.4 Å². The van der Waals surface area contributed by atoms with E-state index in [-0.39, 0.29) is 11.6 Å². The largest absolute Gasteiger partial charge is 0.395 e.